The molecule has 2 aromatic heterocycles. The van der Waals surface area contributed by atoms with Crippen LogP contribution in [0.2, 0.25) is 0 Å². The second-order valence-electron chi connectivity index (χ2n) is 13.5. The second kappa shape index (κ2) is 16.3. The summed E-state index contributed by atoms with van der Waals surface area (Å²) in [5.74, 6) is 3.68. The standard InChI is InChI=1S/C48H40N2O8/c1-53-39-21-13-35(14-22-39)49(36-15-23-40(54-2)24-16-36)33-9-5-31(6-10-33)45-29-43-44(47(51)57-45)30-46(58-48(43)52)32-7-11-34(12-8-32)50(37-17-25-41(55-3)26-18-37)38-19-27-42(56-4)28-20-38/h5-19,21-27,29-30H,20,28H2,1-4H3. The Balaban J connectivity index is 1.09. The molecule has 58 heavy (non-hydrogen) atoms. The number of nitrogens with zero attached hydrogens (tertiary/aromatic N) is 2. The van der Waals surface area contributed by atoms with E-state index in [1.165, 1.54) is 0 Å². The minimum absolute atomic E-state index is 0.132. The predicted octanol–water partition coefficient (Wildman–Crippen LogP) is 10.9. The number of rotatable bonds is 12. The normalized spacial score (nSPS) is 12.3. The lowest BCUT2D eigenvalue weighted by atomic mass is 10.0. The fraction of sp³-hybridized carbons (Fsp3) is 0.125. The fourth-order valence-electron chi connectivity index (χ4n) is 7.04. The number of ether oxygens (including phenoxy) is 4. The van der Waals surface area contributed by atoms with Gasteiger partial charge < -0.3 is 37.6 Å². The Morgan fingerprint density at radius 1 is 0.431 bits per heavy atom. The molecule has 2 heterocycles. The molecule has 8 rings (SSSR count). The van der Waals surface area contributed by atoms with Gasteiger partial charge in [0.25, 0.3) is 0 Å². The van der Waals surface area contributed by atoms with Crippen LogP contribution in [-0.4, -0.2) is 28.4 Å². The quantitative estimate of drug-likeness (QED) is 0.119. The van der Waals surface area contributed by atoms with Crippen molar-refractivity contribution in [1.82, 2.24) is 0 Å². The minimum atomic E-state index is -0.640. The molecule has 0 radical (unpaired) electrons. The molecule has 10 nitrogen and oxygen atoms in total. The van der Waals surface area contributed by atoms with E-state index in [0.717, 1.165) is 70.0 Å². The van der Waals surface area contributed by atoms with E-state index < -0.39 is 11.3 Å². The van der Waals surface area contributed by atoms with Gasteiger partial charge in [-0.05, 0) is 152 Å². The number of anilines is 5. The van der Waals surface area contributed by atoms with Crippen LogP contribution in [0, 0.1) is 0 Å². The monoisotopic (exact) mass is 772 g/mol. The van der Waals surface area contributed by atoms with Crippen LogP contribution in [0.3, 0.4) is 0 Å². The topological polar surface area (TPSA) is 104 Å². The van der Waals surface area contributed by atoms with Crippen molar-refractivity contribution in [3.8, 4) is 39.9 Å². The Kier molecular flexibility index (Phi) is 10.5. The van der Waals surface area contributed by atoms with E-state index in [2.05, 4.69) is 15.9 Å². The summed E-state index contributed by atoms with van der Waals surface area (Å²) in [4.78, 5) is 31.3. The molecule has 0 aliphatic heterocycles. The van der Waals surface area contributed by atoms with Crippen molar-refractivity contribution in [3.63, 3.8) is 0 Å². The van der Waals surface area contributed by atoms with Crippen molar-refractivity contribution >= 4 is 39.2 Å². The molecule has 1 aliphatic rings. The number of fused-ring (bicyclic) bond motifs is 1. The largest absolute Gasteiger partial charge is 0.501 e. The van der Waals surface area contributed by atoms with E-state index >= 15 is 0 Å². The van der Waals surface area contributed by atoms with Crippen molar-refractivity contribution in [2.75, 3.05) is 38.2 Å². The van der Waals surface area contributed by atoms with Crippen LogP contribution in [-0.2, 0) is 4.74 Å². The first-order valence-electron chi connectivity index (χ1n) is 18.6. The molecule has 5 aromatic carbocycles. The summed E-state index contributed by atoms with van der Waals surface area (Å²) in [5.41, 5.74) is 5.61. The smallest absolute Gasteiger partial charge is 0.344 e. The highest BCUT2D eigenvalue weighted by molar-refractivity contribution is 5.86. The lowest BCUT2D eigenvalue weighted by molar-refractivity contribution is 0.275. The van der Waals surface area contributed by atoms with Crippen LogP contribution in [0.1, 0.15) is 12.8 Å². The molecule has 0 N–H and O–H groups in total. The minimum Gasteiger partial charge on any atom is -0.501 e. The first-order valence-corrected chi connectivity index (χ1v) is 18.6. The van der Waals surface area contributed by atoms with Gasteiger partial charge in [-0.2, -0.15) is 0 Å². The van der Waals surface area contributed by atoms with E-state index in [9.17, 15) is 9.59 Å². The first kappa shape index (κ1) is 37.5. The summed E-state index contributed by atoms with van der Waals surface area (Å²) in [5, 5.41) is 0.265. The van der Waals surface area contributed by atoms with Crippen molar-refractivity contribution in [3.05, 3.63) is 178 Å². The third-order valence-electron chi connectivity index (χ3n) is 10.1. The molecule has 0 unspecified atom stereocenters. The lowest BCUT2D eigenvalue weighted by Crippen LogP contribution is -2.18. The first-order chi connectivity index (χ1) is 28.3. The van der Waals surface area contributed by atoms with E-state index in [1.54, 1.807) is 40.6 Å². The average molecular weight is 773 g/mol. The highest BCUT2D eigenvalue weighted by Crippen LogP contribution is 2.39. The summed E-state index contributed by atoms with van der Waals surface area (Å²) < 4.78 is 33.3. The van der Waals surface area contributed by atoms with Gasteiger partial charge in [0.05, 0.1) is 45.0 Å². The molecule has 0 saturated heterocycles. The summed E-state index contributed by atoms with van der Waals surface area (Å²) in [7, 11) is 6.59. The van der Waals surface area contributed by atoms with E-state index in [1.807, 2.05) is 127 Å². The third-order valence-corrected chi connectivity index (χ3v) is 10.1. The summed E-state index contributed by atoms with van der Waals surface area (Å²) in [6, 6.07) is 41.7. The van der Waals surface area contributed by atoms with Crippen molar-refractivity contribution in [2.24, 2.45) is 0 Å². The predicted molar refractivity (Wildman–Crippen MR) is 227 cm³/mol. The van der Waals surface area contributed by atoms with Gasteiger partial charge in [0.15, 0.2) is 0 Å². The number of benzene rings is 5. The molecule has 0 saturated carbocycles. The SMILES string of the molecule is COC1=CC=C(N(c2ccc(OC)cc2)c2ccc(-c3cc4c(=O)oc(-c5ccc(N(c6ccc(OC)cc6)c6ccc(OC)cc6)cc5)cc4c(=O)o3)cc2)CC1. The zero-order valence-corrected chi connectivity index (χ0v) is 32.4. The van der Waals surface area contributed by atoms with Gasteiger partial charge in [-0.3, -0.25) is 0 Å². The zero-order valence-electron chi connectivity index (χ0n) is 32.4. The maximum atomic E-state index is 13.5. The van der Waals surface area contributed by atoms with Gasteiger partial charge in [0.1, 0.15) is 28.8 Å². The fourth-order valence-corrected chi connectivity index (χ4v) is 7.04. The van der Waals surface area contributed by atoms with Gasteiger partial charge in [-0.25, -0.2) is 9.59 Å². The Morgan fingerprint density at radius 2 is 0.793 bits per heavy atom. The summed E-state index contributed by atoms with van der Waals surface area (Å²) in [6.45, 7) is 0. The molecule has 10 heteroatoms. The van der Waals surface area contributed by atoms with E-state index in [4.69, 9.17) is 27.8 Å². The van der Waals surface area contributed by atoms with Crippen molar-refractivity contribution in [2.45, 2.75) is 12.8 Å². The number of hydrogen-bond donors (Lipinski definition) is 0. The number of methoxy groups -OCH3 is 4. The van der Waals surface area contributed by atoms with Crippen LogP contribution in [0.5, 0.6) is 17.2 Å². The maximum Gasteiger partial charge on any atom is 0.344 e. The summed E-state index contributed by atoms with van der Waals surface area (Å²) >= 11 is 0. The Bertz CT molecular complexity index is 2690. The number of hydrogen-bond acceptors (Lipinski definition) is 10. The zero-order chi connectivity index (χ0) is 40.2. The van der Waals surface area contributed by atoms with E-state index in [0.29, 0.717) is 11.1 Å². The highest BCUT2D eigenvalue weighted by atomic mass is 16.5. The van der Waals surface area contributed by atoms with Gasteiger partial charge in [-0.15, -0.1) is 0 Å². The summed E-state index contributed by atoms with van der Waals surface area (Å²) in [6.07, 6.45) is 5.60. The van der Waals surface area contributed by atoms with Gasteiger partial charge >= 0.3 is 11.3 Å². The Labute approximate surface area is 335 Å². The molecule has 1 aliphatic carbocycles. The molecule has 7 aromatic rings. The molecule has 290 valence electrons. The molecule has 0 fully saturated rings. The van der Waals surface area contributed by atoms with E-state index in [-0.39, 0.29) is 22.3 Å². The Morgan fingerprint density at radius 3 is 1.12 bits per heavy atom. The molecule has 0 atom stereocenters. The molecule has 0 bridgehead atoms. The van der Waals surface area contributed by atoms with Crippen molar-refractivity contribution < 1.29 is 27.8 Å². The van der Waals surface area contributed by atoms with Crippen LogP contribution in [0.4, 0.5) is 28.4 Å². The lowest BCUT2D eigenvalue weighted by Gasteiger charge is -2.29. The molecular formula is C48H40N2O8. The Hall–Kier alpha value is -7.46. The van der Waals surface area contributed by atoms with Crippen LogP contribution in [0.15, 0.2) is 175 Å². The van der Waals surface area contributed by atoms with Crippen LogP contribution >= 0.6 is 0 Å². The van der Waals surface area contributed by atoms with Gasteiger partial charge in [0.2, 0.25) is 0 Å². The van der Waals surface area contributed by atoms with Crippen molar-refractivity contribution in [1.29, 1.82) is 0 Å². The number of allylic oxidation sites excluding steroid dienone is 4. The second-order valence-corrected chi connectivity index (χ2v) is 13.5. The molecule has 0 spiro atoms. The highest BCUT2D eigenvalue weighted by Gasteiger charge is 2.20. The maximum absolute atomic E-state index is 13.5. The van der Waals surface area contributed by atoms with Crippen LogP contribution in [0.25, 0.3) is 33.4 Å². The van der Waals surface area contributed by atoms with Gasteiger partial charge in [0, 0.05) is 51.7 Å². The molecular weight excluding hydrogens is 733 g/mol. The van der Waals surface area contributed by atoms with Gasteiger partial charge in [-0.1, -0.05) is 0 Å². The average Bonchev–Trinajstić information content (AvgIpc) is 3.28. The van der Waals surface area contributed by atoms with Crippen LogP contribution < -0.4 is 35.3 Å². The molecule has 0 amide bonds. The third kappa shape index (κ3) is 7.55.